The molecule has 0 spiro atoms. The van der Waals surface area contributed by atoms with Crippen LogP contribution in [0.15, 0.2) is 85.3 Å². The average molecular weight is 675 g/mol. The topological polar surface area (TPSA) is 133 Å². The third-order valence-corrected chi connectivity index (χ3v) is 8.23. The lowest BCUT2D eigenvalue weighted by atomic mass is 9.98. The standard InChI is InChI=1S/C35H38N6O4S.ClH/c1-4-24(2)32(39-33(42)17-30-19-37-23-41(30)21-26-7-5-25(18-36)6-8-26)22-40(20-27-9-11-28(12-10-27)34(43)44)35(46)38-29-13-15-31(45-3)16-14-29;/h5-16,19,23-24,32H,4,17,20-22H2,1-3H3,(H,38,46)(H,39,42)(H,43,44);1H/t24-,32+;/m0./s1. The van der Waals surface area contributed by atoms with Crippen LogP contribution in [0.2, 0.25) is 0 Å². The maximum atomic E-state index is 13.5. The van der Waals surface area contributed by atoms with Gasteiger partial charge in [-0.3, -0.25) is 4.79 Å². The van der Waals surface area contributed by atoms with Crippen molar-refractivity contribution in [3.63, 3.8) is 0 Å². The van der Waals surface area contributed by atoms with Gasteiger partial charge in [-0.25, -0.2) is 9.78 Å². The third-order valence-electron chi connectivity index (χ3n) is 7.87. The van der Waals surface area contributed by atoms with Crippen LogP contribution in [0.25, 0.3) is 0 Å². The van der Waals surface area contributed by atoms with Crippen LogP contribution < -0.4 is 15.4 Å². The Bertz CT molecular complexity index is 1670. The molecule has 246 valence electrons. The number of anilines is 1. The summed E-state index contributed by atoms with van der Waals surface area (Å²) in [5.74, 6) is -0.262. The highest BCUT2D eigenvalue weighted by atomic mass is 35.5. The van der Waals surface area contributed by atoms with E-state index in [1.807, 2.05) is 45.9 Å². The van der Waals surface area contributed by atoms with Crippen molar-refractivity contribution in [1.82, 2.24) is 19.8 Å². The van der Waals surface area contributed by atoms with Crippen LogP contribution in [0.5, 0.6) is 5.75 Å². The van der Waals surface area contributed by atoms with Gasteiger partial charge < -0.3 is 29.9 Å². The molecule has 0 fully saturated rings. The number of halogens is 1. The van der Waals surface area contributed by atoms with Gasteiger partial charge in [-0.1, -0.05) is 44.5 Å². The number of rotatable bonds is 14. The van der Waals surface area contributed by atoms with Gasteiger partial charge in [-0.2, -0.15) is 5.26 Å². The summed E-state index contributed by atoms with van der Waals surface area (Å²) in [5, 5.41) is 25.4. The molecule has 0 radical (unpaired) electrons. The molecule has 0 aliphatic rings. The second-order valence-corrected chi connectivity index (χ2v) is 11.5. The summed E-state index contributed by atoms with van der Waals surface area (Å²) >= 11 is 5.88. The minimum absolute atomic E-state index is 0. The van der Waals surface area contributed by atoms with E-state index >= 15 is 0 Å². The van der Waals surface area contributed by atoms with Crippen molar-refractivity contribution in [3.05, 3.63) is 113 Å². The molecule has 1 aromatic heterocycles. The van der Waals surface area contributed by atoms with Crippen LogP contribution in [0.3, 0.4) is 0 Å². The number of methoxy groups -OCH3 is 1. The van der Waals surface area contributed by atoms with Gasteiger partial charge in [-0.15, -0.1) is 12.4 Å². The first-order valence-electron chi connectivity index (χ1n) is 15.0. The number of aromatic carboxylic acids is 1. The molecule has 0 bridgehead atoms. The molecule has 0 unspecified atom stereocenters. The first kappa shape index (κ1) is 36.5. The van der Waals surface area contributed by atoms with Crippen molar-refractivity contribution in [2.45, 2.75) is 45.8 Å². The van der Waals surface area contributed by atoms with Crippen molar-refractivity contribution in [3.8, 4) is 11.8 Å². The molecule has 47 heavy (non-hydrogen) atoms. The Hall–Kier alpha value is -4.92. The SMILES string of the molecule is CC[C@H](C)[C@@H](CN(Cc1ccc(C(=O)O)cc1)C(=S)Nc1ccc(OC)cc1)NC(=O)Cc1cncn1Cc1ccc(C#N)cc1.Cl. The number of ether oxygens (including phenoxy) is 1. The maximum absolute atomic E-state index is 13.5. The van der Waals surface area contributed by atoms with E-state index in [0.29, 0.717) is 30.3 Å². The van der Waals surface area contributed by atoms with Crippen LogP contribution in [-0.4, -0.2) is 56.2 Å². The molecular weight excluding hydrogens is 636 g/mol. The zero-order valence-corrected chi connectivity index (χ0v) is 28.2. The normalized spacial score (nSPS) is 11.7. The third kappa shape index (κ3) is 10.6. The summed E-state index contributed by atoms with van der Waals surface area (Å²) in [6.07, 6.45) is 4.38. The highest BCUT2D eigenvalue weighted by molar-refractivity contribution is 7.80. The number of nitrogens with zero attached hydrogens (tertiary/aromatic N) is 4. The summed E-state index contributed by atoms with van der Waals surface area (Å²) in [6.45, 7) is 5.54. The van der Waals surface area contributed by atoms with Crippen LogP contribution in [0.4, 0.5) is 5.69 Å². The molecule has 3 N–H and O–H groups in total. The number of aromatic nitrogens is 2. The summed E-state index contributed by atoms with van der Waals surface area (Å²) in [4.78, 5) is 31.1. The van der Waals surface area contributed by atoms with Gasteiger partial charge in [0, 0.05) is 43.3 Å². The summed E-state index contributed by atoms with van der Waals surface area (Å²) < 4.78 is 7.20. The molecule has 12 heteroatoms. The van der Waals surface area contributed by atoms with Gasteiger partial charge in [0.15, 0.2) is 5.11 Å². The summed E-state index contributed by atoms with van der Waals surface area (Å²) in [5.41, 5.74) is 4.24. The zero-order valence-electron chi connectivity index (χ0n) is 26.6. The van der Waals surface area contributed by atoms with Gasteiger partial charge in [-0.05, 0) is 77.8 Å². The molecule has 1 amide bonds. The number of benzene rings is 3. The van der Waals surface area contributed by atoms with E-state index < -0.39 is 5.97 Å². The van der Waals surface area contributed by atoms with E-state index in [1.54, 1.807) is 56.0 Å². The Morgan fingerprint density at radius 2 is 1.72 bits per heavy atom. The van der Waals surface area contributed by atoms with Crippen molar-refractivity contribution in [2.24, 2.45) is 5.92 Å². The van der Waals surface area contributed by atoms with E-state index in [2.05, 4.69) is 35.5 Å². The number of amides is 1. The smallest absolute Gasteiger partial charge is 0.335 e. The number of carboxylic acid groups (broad SMARTS) is 1. The zero-order chi connectivity index (χ0) is 33.1. The number of carboxylic acids is 1. The van der Waals surface area contributed by atoms with Crippen LogP contribution >= 0.6 is 24.6 Å². The molecule has 4 aromatic rings. The molecule has 2 atom stereocenters. The average Bonchev–Trinajstić information content (AvgIpc) is 3.50. The predicted octanol–water partition coefficient (Wildman–Crippen LogP) is 5.90. The molecule has 4 rings (SSSR count). The van der Waals surface area contributed by atoms with E-state index in [0.717, 1.165) is 34.7 Å². The van der Waals surface area contributed by atoms with E-state index in [9.17, 15) is 14.7 Å². The summed E-state index contributed by atoms with van der Waals surface area (Å²) in [7, 11) is 1.61. The lowest BCUT2D eigenvalue weighted by Crippen LogP contribution is -2.50. The van der Waals surface area contributed by atoms with E-state index in [-0.39, 0.29) is 42.3 Å². The number of hydrogen-bond acceptors (Lipinski definition) is 6. The lowest BCUT2D eigenvalue weighted by molar-refractivity contribution is -0.121. The summed E-state index contributed by atoms with van der Waals surface area (Å²) in [6, 6.07) is 23.4. The minimum Gasteiger partial charge on any atom is -0.497 e. The predicted molar refractivity (Wildman–Crippen MR) is 188 cm³/mol. The van der Waals surface area contributed by atoms with Crippen LogP contribution in [0.1, 0.15) is 53.0 Å². The quantitative estimate of drug-likeness (QED) is 0.140. The van der Waals surface area contributed by atoms with Gasteiger partial charge in [0.1, 0.15) is 5.75 Å². The minimum atomic E-state index is -0.988. The van der Waals surface area contributed by atoms with Crippen molar-refractivity contribution >= 4 is 47.3 Å². The van der Waals surface area contributed by atoms with E-state index in [1.165, 1.54) is 0 Å². The number of thiocarbonyl (C=S) groups is 1. The van der Waals surface area contributed by atoms with Gasteiger partial charge >= 0.3 is 5.97 Å². The van der Waals surface area contributed by atoms with Gasteiger partial charge in [0.05, 0.1) is 37.1 Å². The number of hydrogen-bond donors (Lipinski definition) is 3. The Balaban J connectivity index is 0.00000600. The Labute approximate surface area is 286 Å². The number of carbonyl (C=O) groups is 2. The fourth-order valence-corrected chi connectivity index (χ4v) is 5.16. The second kappa shape index (κ2) is 17.7. The van der Waals surface area contributed by atoms with Crippen molar-refractivity contribution in [2.75, 3.05) is 19.0 Å². The fourth-order valence-electron chi connectivity index (χ4n) is 4.90. The maximum Gasteiger partial charge on any atom is 0.335 e. The van der Waals surface area contributed by atoms with E-state index in [4.69, 9.17) is 22.2 Å². The lowest BCUT2D eigenvalue weighted by Gasteiger charge is -2.33. The largest absolute Gasteiger partial charge is 0.497 e. The fraction of sp³-hybridized carbons (Fsp3) is 0.286. The van der Waals surface area contributed by atoms with Crippen LogP contribution in [-0.2, 0) is 24.3 Å². The molecule has 1 heterocycles. The van der Waals surface area contributed by atoms with Gasteiger partial charge in [0.2, 0.25) is 5.91 Å². The Morgan fingerprint density at radius 3 is 2.32 bits per heavy atom. The van der Waals surface area contributed by atoms with Crippen molar-refractivity contribution in [1.29, 1.82) is 5.26 Å². The van der Waals surface area contributed by atoms with Gasteiger partial charge in [0.25, 0.3) is 0 Å². The highest BCUT2D eigenvalue weighted by Gasteiger charge is 2.24. The first-order valence-corrected chi connectivity index (χ1v) is 15.4. The number of nitriles is 1. The molecule has 10 nitrogen and oxygen atoms in total. The molecule has 0 aliphatic heterocycles. The number of imidazole rings is 1. The molecule has 3 aromatic carbocycles. The number of nitrogens with one attached hydrogen (secondary N) is 2. The monoisotopic (exact) mass is 674 g/mol. The molecule has 0 aliphatic carbocycles. The Kier molecular flexibility index (Phi) is 13.8. The highest BCUT2D eigenvalue weighted by Crippen LogP contribution is 2.19. The molecular formula is C35H39ClN6O4S. The van der Waals surface area contributed by atoms with Crippen LogP contribution in [0, 0.1) is 17.2 Å². The second-order valence-electron chi connectivity index (χ2n) is 11.1. The first-order chi connectivity index (χ1) is 22.2. The van der Waals surface area contributed by atoms with Crippen molar-refractivity contribution < 1.29 is 19.4 Å². The number of carbonyl (C=O) groups excluding carboxylic acids is 1. The molecule has 0 saturated heterocycles. The molecule has 0 saturated carbocycles. The Morgan fingerprint density at radius 1 is 1.06 bits per heavy atom.